The molecule has 288 valence electrons. The summed E-state index contributed by atoms with van der Waals surface area (Å²) in [7, 11) is 0. The predicted molar refractivity (Wildman–Crippen MR) is 147 cm³/mol. The van der Waals surface area contributed by atoms with Gasteiger partial charge in [-0.05, 0) is 30.7 Å². The Hall–Kier alpha value is -2.56. The smallest absolute Gasteiger partial charge is 0.490 e. The maximum atomic E-state index is 14.1. The summed E-state index contributed by atoms with van der Waals surface area (Å²) < 4.78 is 198. The summed E-state index contributed by atoms with van der Waals surface area (Å²) in [5.41, 5.74) is 0.666. The van der Waals surface area contributed by atoms with Gasteiger partial charge in [-0.25, -0.2) is 18.6 Å². The zero-order valence-corrected chi connectivity index (χ0v) is 26.8. The van der Waals surface area contributed by atoms with E-state index in [1.165, 1.54) is 55.6 Å². The summed E-state index contributed by atoms with van der Waals surface area (Å²) in [5, 5.41) is 9.79. The summed E-state index contributed by atoms with van der Waals surface area (Å²) in [5.74, 6) is 0.0959. The van der Waals surface area contributed by atoms with Gasteiger partial charge in [-0.2, -0.15) is 43.9 Å². The predicted octanol–water partition coefficient (Wildman–Crippen LogP) is 10.2. The molecule has 0 aliphatic rings. The van der Waals surface area contributed by atoms with Gasteiger partial charge in [0.1, 0.15) is 29.0 Å². The molecule has 0 fully saturated rings. The van der Waals surface area contributed by atoms with Crippen molar-refractivity contribution in [3.8, 4) is 16.3 Å². The van der Waals surface area contributed by atoms with Gasteiger partial charge in [-0.3, -0.25) is 0 Å². The average molecular weight is 775 g/mol. The van der Waals surface area contributed by atoms with Crippen LogP contribution in [0.25, 0.3) is 10.6 Å². The van der Waals surface area contributed by atoms with Crippen molar-refractivity contribution in [2.24, 2.45) is 0 Å². The molecule has 0 unspecified atom stereocenters. The Kier molecular flexibility index (Phi) is 15.9. The zero-order chi connectivity index (χ0) is 37.9. The van der Waals surface area contributed by atoms with Crippen molar-refractivity contribution in [1.29, 1.82) is 0 Å². The van der Waals surface area contributed by atoms with Crippen molar-refractivity contribution in [3.05, 3.63) is 29.3 Å². The van der Waals surface area contributed by atoms with Crippen LogP contribution in [0.15, 0.2) is 24.3 Å². The van der Waals surface area contributed by atoms with Crippen LogP contribution in [0.2, 0.25) is 0 Å². The minimum absolute atomic E-state index is 0.0959. The number of ether oxygens (including phenoxy) is 5. The number of aryl methyl sites for hydroxylation is 1. The normalized spacial score (nSPS) is 14.3. The molecule has 0 saturated carbocycles. The first kappa shape index (κ1) is 43.6. The number of nitrogens with zero attached hydrogens (tertiary/aromatic N) is 2. The van der Waals surface area contributed by atoms with Crippen molar-refractivity contribution in [1.82, 2.24) is 10.2 Å². The lowest BCUT2D eigenvalue weighted by molar-refractivity contribution is -0.564. The fourth-order valence-electron chi connectivity index (χ4n) is 3.88. The van der Waals surface area contributed by atoms with Crippen LogP contribution in [0.3, 0.4) is 0 Å². The number of hydrogen-bond acceptors (Lipinski definition) is 8. The third-order valence-corrected chi connectivity index (χ3v) is 7.30. The molecule has 1 aromatic carbocycles. The lowest BCUT2D eigenvalue weighted by Crippen LogP contribution is -2.57. The molecule has 0 amide bonds. The van der Waals surface area contributed by atoms with Crippen LogP contribution in [0.1, 0.15) is 63.3 Å². The Morgan fingerprint density at radius 3 is 1.72 bits per heavy atom. The number of alkyl halides is 14. The molecule has 0 bridgehead atoms. The quantitative estimate of drug-likeness (QED) is 0.0777. The van der Waals surface area contributed by atoms with E-state index in [9.17, 15) is 61.5 Å². The van der Waals surface area contributed by atoms with Crippen molar-refractivity contribution in [3.63, 3.8) is 0 Å². The van der Waals surface area contributed by atoms with Gasteiger partial charge in [0.2, 0.25) is 0 Å². The molecular weight excluding hydrogens is 742 g/mol. The maximum absolute atomic E-state index is 14.1. The molecule has 2 aromatic rings. The summed E-state index contributed by atoms with van der Waals surface area (Å²) in [4.78, 5) is 0. The molecule has 0 N–H and O–H groups in total. The Bertz CT molecular complexity index is 1280. The second kappa shape index (κ2) is 18.3. The van der Waals surface area contributed by atoms with Crippen LogP contribution >= 0.6 is 11.3 Å². The van der Waals surface area contributed by atoms with Gasteiger partial charge in [0.25, 0.3) is 0 Å². The van der Waals surface area contributed by atoms with Crippen molar-refractivity contribution < 1.29 is 85.2 Å². The van der Waals surface area contributed by atoms with E-state index in [0.717, 1.165) is 30.7 Å². The number of unbranched alkanes of at least 4 members (excludes halogenated alkanes) is 7. The van der Waals surface area contributed by atoms with Gasteiger partial charge in [-0.15, -0.1) is 23.4 Å². The highest BCUT2D eigenvalue weighted by Gasteiger charge is 2.74. The lowest BCUT2D eigenvalue weighted by Gasteiger charge is -2.33. The SMILES string of the molecule is CCCCCCCCCCc1nnc(-c2ccc(OC[C@@H](F)COCC(F)(F)OC(F)(F)C(F)(F)OC(F)(F)C(F)(F)OC(F)(F)F)cc2)s1. The number of hydrogen-bond donors (Lipinski definition) is 0. The van der Waals surface area contributed by atoms with Crippen LogP contribution < -0.4 is 4.74 Å². The molecule has 22 heteroatoms. The van der Waals surface area contributed by atoms with E-state index in [-0.39, 0.29) is 5.75 Å². The molecule has 1 heterocycles. The van der Waals surface area contributed by atoms with Gasteiger partial charge < -0.3 is 9.47 Å². The molecule has 7 nitrogen and oxygen atoms in total. The van der Waals surface area contributed by atoms with E-state index in [1.54, 1.807) is 21.6 Å². The third kappa shape index (κ3) is 14.6. The minimum atomic E-state index is -7.15. The monoisotopic (exact) mass is 774 g/mol. The van der Waals surface area contributed by atoms with E-state index < -0.39 is 62.9 Å². The second-order valence-electron chi connectivity index (χ2n) is 10.6. The fourth-order valence-corrected chi connectivity index (χ4v) is 4.76. The third-order valence-electron chi connectivity index (χ3n) is 6.27. The molecular formula is C28H32F14N2O5S. The van der Waals surface area contributed by atoms with Crippen molar-refractivity contribution in [2.45, 2.75) is 108 Å². The maximum Gasteiger partial charge on any atom is 0.527 e. The zero-order valence-electron chi connectivity index (χ0n) is 26.0. The highest BCUT2D eigenvalue weighted by molar-refractivity contribution is 7.14. The van der Waals surface area contributed by atoms with E-state index in [0.29, 0.717) is 10.6 Å². The lowest BCUT2D eigenvalue weighted by atomic mass is 10.1. The first-order chi connectivity index (χ1) is 23.0. The fraction of sp³-hybridized carbons (Fsp3) is 0.714. The Morgan fingerprint density at radius 2 is 1.16 bits per heavy atom. The average Bonchev–Trinajstić information content (AvgIpc) is 3.44. The van der Waals surface area contributed by atoms with Gasteiger partial charge in [0.15, 0.2) is 6.17 Å². The van der Waals surface area contributed by atoms with E-state index >= 15 is 0 Å². The Labute approximate surface area is 280 Å². The molecule has 0 aliphatic carbocycles. The topological polar surface area (TPSA) is 71.9 Å². The number of aromatic nitrogens is 2. The molecule has 1 aromatic heterocycles. The molecule has 0 radical (unpaired) electrons. The van der Waals surface area contributed by atoms with Crippen molar-refractivity contribution >= 4 is 11.3 Å². The van der Waals surface area contributed by atoms with E-state index in [4.69, 9.17) is 4.74 Å². The molecule has 50 heavy (non-hydrogen) atoms. The van der Waals surface area contributed by atoms with Crippen LogP contribution in [0.4, 0.5) is 61.5 Å². The first-order valence-corrected chi connectivity index (χ1v) is 15.6. The summed E-state index contributed by atoms with van der Waals surface area (Å²) in [6, 6.07) is 6.00. The largest absolute Gasteiger partial charge is 0.527 e. The molecule has 0 spiro atoms. The van der Waals surface area contributed by atoms with Gasteiger partial charge in [0, 0.05) is 12.0 Å². The summed E-state index contributed by atoms with van der Waals surface area (Å²) in [6.45, 7) is -2.44. The molecule has 1 atom stereocenters. The molecule has 2 rings (SSSR count). The first-order valence-electron chi connectivity index (χ1n) is 14.8. The van der Waals surface area contributed by atoms with Gasteiger partial charge >= 0.3 is 36.9 Å². The highest BCUT2D eigenvalue weighted by Crippen LogP contribution is 2.48. The Balaban J connectivity index is 1.78. The van der Waals surface area contributed by atoms with E-state index in [2.05, 4.69) is 26.6 Å². The number of benzene rings is 1. The second-order valence-corrected chi connectivity index (χ2v) is 11.7. The number of halogens is 14. The van der Waals surface area contributed by atoms with Crippen molar-refractivity contribution in [2.75, 3.05) is 19.8 Å². The molecule has 0 saturated heterocycles. The van der Waals surface area contributed by atoms with Crippen LogP contribution in [0, 0.1) is 0 Å². The molecule has 0 aliphatic heterocycles. The number of rotatable bonds is 24. The summed E-state index contributed by atoms with van der Waals surface area (Å²) in [6.07, 6.45) is -32.4. The van der Waals surface area contributed by atoms with Gasteiger partial charge in [-0.1, -0.05) is 63.2 Å². The van der Waals surface area contributed by atoms with Crippen LogP contribution in [-0.2, 0) is 25.4 Å². The van der Waals surface area contributed by atoms with Crippen LogP contribution in [-0.4, -0.2) is 73.1 Å². The van der Waals surface area contributed by atoms with E-state index in [1.807, 2.05) is 0 Å². The van der Waals surface area contributed by atoms with Crippen LogP contribution in [0.5, 0.6) is 5.75 Å². The highest BCUT2D eigenvalue weighted by atomic mass is 32.1. The minimum Gasteiger partial charge on any atom is -0.490 e. The Morgan fingerprint density at radius 1 is 0.640 bits per heavy atom. The standard InChI is InChI=1S/C28H32F14N2O5S/c1-2-3-4-5-6-7-8-9-10-21-43-44-22(50-21)18-11-13-20(14-12-18)46-16-19(29)15-45-17-23(30,31)47-24(32,33)25(34,35)48-26(36,37)27(38,39)49-28(40,41)42/h11-14,19H,2-10,15-17H2,1H3/t19-/m0/s1. The summed E-state index contributed by atoms with van der Waals surface area (Å²) >= 11 is 1.39. The van der Waals surface area contributed by atoms with Gasteiger partial charge in [0.05, 0.1) is 6.61 Å².